The molecule has 1 aliphatic heterocycles. The molecule has 1 aromatic rings. The number of H-pyrrole nitrogens is 1. The van der Waals surface area contributed by atoms with E-state index in [0.29, 0.717) is 41.9 Å². The Morgan fingerprint density at radius 1 is 0.836 bits per heavy atom. The number of ether oxygens (including phenoxy) is 1. The number of likely N-dealkylation sites (tertiary alicyclic amines) is 1. The summed E-state index contributed by atoms with van der Waals surface area (Å²) >= 11 is 0. The molecule has 1 saturated heterocycles. The van der Waals surface area contributed by atoms with Gasteiger partial charge in [0, 0.05) is 17.7 Å². The largest absolute Gasteiger partial charge is 0.481 e. The number of carboxylic acids is 1. The molecule has 2 N–H and O–H groups in total. The number of fused-ring (bicyclic) bond motifs is 7. The van der Waals surface area contributed by atoms with Crippen molar-refractivity contribution in [2.75, 3.05) is 6.54 Å². The Hall–Kier alpha value is -2.64. The molecule has 8 nitrogen and oxygen atoms in total. The maximum absolute atomic E-state index is 15.3. The van der Waals surface area contributed by atoms with Crippen molar-refractivity contribution in [3.05, 3.63) is 29.4 Å². The number of amides is 1. The Morgan fingerprint density at radius 2 is 1.56 bits per heavy atom. The van der Waals surface area contributed by atoms with Gasteiger partial charge in [0.25, 0.3) is 0 Å². The van der Waals surface area contributed by atoms with E-state index in [9.17, 15) is 14.7 Å². The molecule has 7 fully saturated rings. The average molecular weight is 758 g/mol. The standard InChI is InChI=1S/C47H71N3O5/c1-26(2)29-16-21-47(41(54)50-24-12-13-33(50)38-48-27(3)28(4)49-38)23-22-45(10)30(37(29)47)14-15-35-44(9)19-18-36(43(7,8)34(44)17-20-46(35,45)11)55-40(53)32-25-31(39(51)52)42(32,5)6/h29-37H,1,12-25H2,2-11H3,(H,48,49)(H,51,52)/t29-,30?,31-,32+,33-,34-,35+,36?,37+,44-,45+,46+,47?/m0/s1. The van der Waals surface area contributed by atoms with Crippen LogP contribution in [-0.4, -0.2) is 50.5 Å². The number of aliphatic carboxylic acids is 1. The monoisotopic (exact) mass is 758 g/mol. The molecule has 0 radical (unpaired) electrons. The Balaban J connectivity index is 1.05. The lowest BCUT2D eigenvalue weighted by atomic mass is 9.32. The molecule has 3 unspecified atom stereocenters. The fourth-order valence-corrected chi connectivity index (χ4v) is 16.0. The number of hydrogen-bond donors (Lipinski definition) is 2. The molecule has 0 aromatic carbocycles. The number of rotatable bonds is 6. The van der Waals surface area contributed by atoms with Gasteiger partial charge >= 0.3 is 11.9 Å². The van der Waals surface area contributed by atoms with Crippen molar-refractivity contribution in [1.29, 1.82) is 0 Å². The lowest BCUT2D eigenvalue weighted by Gasteiger charge is -2.73. The van der Waals surface area contributed by atoms with Gasteiger partial charge in [-0.15, -0.1) is 0 Å². The predicted octanol–water partition coefficient (Wildman–Crippen LogP) is 10.0. The third-order valence-electron chi connectivity index (χ3n) is 19.5. The van der Waals surface area contributed by atoms with E-state index in [1.807, 2.05) is 13.8 Å². The van der Waals surface area contributed by atoms with E-state index in [-0.39, 0.29) is 51.1 Å². The molecule has 55 heavy (non-hydrogen) atoms. The molecule has 0 spiro atoms. The number of esters is 1. The molecule has 304 valence electrons. The summed E-state index contributed by atoms with van der Waals surface area (Å²) in [6, 6.07) is 0.0372. The fraction of sp³-hybridized carbons (Fsp3) is 0.830. The minimum atomic E-state index is -0.815. The van der Waals surface area contributed by atoms with Gasteiger partial charge in [0.1, 0.15) is 11.9 Å². The van der Waals surface area contributed by atoms with Crippen LogP contribution in [0.5, 0.6) is 0 Å². The quantitative estimate of drug-likeness (QED) is 0.221. The van der Waals surface area contributed by atoms with Crippen molar-refractivity contribution in [2.24, 2.45) is 73.9 Å². The topological polar surface area (TPSA) is 113 Å². The number of nitrogens with one attached hydrogen (secondary N) is 1. The van der Waals surface area contributed by atoms with Crippen LogP contribution in [0.1, 0.15) is 162 Å². The summed E-state index contributed by atoms with van der Waals surface area (Å²) in [6.07, 6.45) is 12.9. The molecule has 8 rings (SSSR count). The SMILES string of the molecule is C=C(C)[C@@H]1CCC2(C(=O)N3CCC[C@H]3c3nc(C)c(C)[nH]3)CC[C@]3(C)C(CC[C@@H]4[C@@]5(C)CCC(OC(=O)[C@H]6C[C@@H](C(=O)O)C6(C)C)C(C)(C)[C@@H]5CC[C@]43C)[C@@H]12. The highest BCUT2D eigenvalue weighted by Crippen LogP contribution is 2.78. The van der Waals surface area contributed by atoms with Gasteiger partial charge in [-0.3, -0.25) is 14.4 Å². The summed E-state index contributed by atoms with van der Waals surface area (Å²) in [7, 11) is 0. The van der Waals surface area contributed by atoms with Gasteiger partial charge in [0.05, 0.1) is 29.0 Å². The van der Waals surface area contributed by atoms with Gasteiger partial charge in [0.15, 0.2) is 0 Å². The Labute approximate surface area is 330 Å². The second-order valence-electron chi connectivity index (χ2n) is 22.1. The summed E-state index contributed by atoms with van der Waals surface area (Å²) in [6.45, 7) is 28.2. The summed E-state index contributed by atoms with van der Waals surface area (Å²) in [5.41, 5.74) is 2.70. The second-order valence-corrected chi connectivity index (χ2v) is 22.1. The van der Waals surface area contributed by atoms with Crippen LogP contribution in [0.4, 0.5) is 0 Å². The molecular formula is C47H71N3O5. The van der Waals surface area contributed by atoms with Gasteiger partial charge in [-0.05, 0) is 155 Å². The van der Waals surface area contributed by atoms with Gasteiger partial charge in [0.2, 0.25) is 5.91 Å². The van der Waals surface area contributed by atoms with Crippen LogP contribution < -0.4 is 0 Å². The van der Waals surface area contributed by atoms with Crippen LogP contribution in [0.25, 0.3) is 0 Å². The van der Waals surface area contributed by atoms with Gasteiger partial charge in [-0.1, -0.05) is 60.6 Å². The summed E-state index contributed by atoms with van der Waals surface area (Å²) in [5, 5.41) is 9.68. The highest BCUT2D eigenvalue weighted by molar-refractivity contribution is 5.85. The number of carboxylic acid groups (broad SMARTS) is 1. The van der Waals surface area contributed by atoms with E-state index in [1.165, 1.54) is 24.8 Å². The molecule has 1 amide bonds. The molecule has 2 heterocycles. The third kappa shape index (κ3) is 5.25. The first kappa shape index (κ1) is 39.2. The lowest BCUT2D eigenvalue weighted by Crippen LogP contribution is -2.67. The molecule has 0 bridgehead atoms. The molecule has 6 aliphatic carbocycles. The lowest BCUT2D eigenvalue weighted by molar-refractivity contribution is -0.251. The minimum Gasteiger partial charge on any atom is -0.481 e. The minimum absolute atomic E-state index is 0.0372. The number of hydrogen-bond acceptors (Lipinski definition) is 5. The maximum Gasteiger partial charge on any atom is 0.309 e. The average Bonchev–Trinajstić information content (AvgIpc) is 3.83. The van der Waals surface area contributed by atoms with Crippen molar-refractivity contribution in [3.63, 3.8) is 0 Å². The Kier molecular flexibility index (Phi) is 9.04. The predicted molar refractivity (Wildman–Crippen MR) is 214 cm³/mol. The molecule has 13 atom stereocenters. The normalized spacial score (nSPS) is 45.3. The first-order valence-electron chi connectivity index (χ1n) is 22.1. The van der Waals surface area contributed by atoms with Gasteiger partial charge in [-0.25, -0.2) is 4.98 Å². The van der Waals surface area contributed by atoms with E-state index in [1.54, 1.807) is 0 Å². The van der Waals surface area contributed by atoms with Crippen molar-refractivity contribution < 1.29 is 24.2 Å². The summed E-state index contributed by atoms with van der Waals surface area (Å²) < 4.78 is 6.45. The first-order valence-corrected chi connectivity index (χ1v) is 22.1. The molecular weight excluding hydrogens is 687 g/mol. The number of carbonyl (C=O) groups is 3. The smallest absolute Gasteiger partial charge is 0.309 e. The van der Waals surface area contributed by atoms with Crippen molar-refractivity contribution in [3.8, 4) is 0 Å². The van der Waals surface area contributed by atoms with Crippen LogP contribution in [0, 0.1) is 87.8 Å². The van der Waals surface area contributed by atoms with E-state index in [0.717, 1.165) is 81.5 Å². The third-order valence-corrected chi connectivity index (χ3v) is 19.5. The van der Waals surface area contributed by atoms with Crippen LogP contribution in [-0.2, 0) is 19.1 Å². The van der Waals surface area contributed by atoms with E-state index in [2.05, 4.69) is 71.9 Å². The zero-order valence-electron chi connectivity index (χ0n) is 35.8. The number of aromatic amines is 1. The van der Waals surface area contributed by atoms with Gasteiger partial charge in [-0.2, -0.15) is 0 Å². The zero-order chi connectivity index (χ0) is 39.8. The summed E-state index contributed by atoms with van der Waals surface area (Å²) in [4.78, 5) is 51.5. The van der Waals surface area contributed by atoms with Gasteiger partial charge < -0.3 is 19.7 Å². The Morgan fingerprint density at radius 3 is 2.20 bits per heavy atom. The number of nitrogens with zero attached hydrogens (tertiary/aromatic N) is 2. The molecule has 1 aromatic heterocycles. The van der Waals surface area contributed by atoms with E-state index >= 15 is 4.79 Å². The number of aromatic nitrogens is 2. The van der Waals surface area contributed by atoms with Crippen molar-refractivity contribution in [2.45, 2.75) is 165 Å². The van der Waals surface area contributed by atoms with Crippen molar-refractivity contribution in [1.82, 2.24) is 14.9 Å². The fourth-order valence-electron chi connectivity index (χ4n) is 16.0. The molecule has 8 heteroatoms. The maximum atomic E-state index is 15.3. The first-order chi connectivity index (χ1) is 25.6. The van der Waals surface area contributed by atoms with Crippen LogP contribution in [0.3, 0.4) is 0 Å². The van der Waals surface area contributed by atoms with Crippen LogP contribution in [0.15, 0.2) is 12.2 Å². The number of carbonyl (C=O) groups excluding carboxylic acids is 2. The second kappa shape index (κ2) is 12.7. The highest BCUT2D eigenvalue weighted by Gasteiger charge is 2.72. The number of allylic oxidation sites excluding steroid dienone is 1. The van der Waals surface area contributed by atoms with Crippen molar-refractivity contribution >= 4 is 17.8 Å². The number of aryl methyl sites for hydroxylation is 2. The highest BCUT2D eigenvalue weighted by atomic mass is 16.5. The van der Waals surface area contributed by atoms with E-state index < -0.39 is 17.3 Å². The summed E-state index contributed by atoms with van der Waals surface area (Å²) in [5.74, 6) is 1.69. The van der Waals surface area contributed by atoms with Crippen LogP contribution in [0.2, 0.25) is 0 Å². The van der Waals surface area contributed by atoms with E-state index in [4.69, 9.17) is 9.72 Å². The molecule has 7 aliphatic rings. The Bertz CT molecular complexity index is 1760. The molecule has 6 saturated carbocycles. The zero-order valence-corrected chi connectivity index (χ0v) is 35.8. The number of imidazole rings is 1. The van der Waals surface area contributed by atoms with Crippen LogP contribution >= 0.6 is 0 Å².